The first-order valence-corrected chi connectivity index (χ1v) is 6.07. The molecule has 0 atom stereocenters. The number of rotatable bonds is 4. The quantitative estimate of drug-likeness (QED) is 0.869. The Morgan fingerprint density at radius 2 is 1.53 bits per heavy atom. The molecule has 1 nitrogen and oxygen atoms in total. The maximum Gasteiger partial charge on any atom is 0.0521 e. The standard InChI is InChI=1S/C14H12Cl2N/c15-13-7-4-8-14(16)12(13)10-17-9-11-5-2-1-3-6-11/h1-9,17H,10H2. The molecular formula is C14H12Cl2N. The fraction of sp³-hybridized carbons (Fsp3) is 0.0714. The van der Waals surface area contributed by atoms with Gasteiger partial charge in [-0.2, -0.15) is 0 Å². The molecule has 0 unspecified atom stereocenters. The SMILES string of the molecule is Clc1cccc(Cl)c1CN[CH]c1ccccc1. The monoisotopic (exact) mass is 264 g/mol. The molecule has 2 rings (SSSR count). The molecule has 3 heteroatoms. The number of halogens is 2. The molecule has 17 heavy (non-hydrogen) atoms. The summed E-state index contributed by atoms with van der Waals surface area (Å²) in [6, 6.07) is 15.6. The van der Waals surface area contributed by atoms with Gasteiger partial charge in [-0.1, -0.05) is 59.6 Å². The second-order valence-corrected chi connectivity index (χ2v) is 4.45. The molecule has 0 saturated heterocycles. The predicted molar refractivity (Wildman–Crippen MR) is 73.1 cm³/mol. The molecule has 0 heterocycles. The van der Waals surface area contributed by atoms with Crippen LogP contribution in [0.3, 0.4) is 0 Å². The molecule has 2 aromatic rings. The van der Waals surface area contributed by atoms with Crippen LogP contribution in [0.25, 0.3) is 0 Å². The summed E-state index contributed by atoms with van der Waals surface area (Å²) in [6.07, 6.45) is 0. The second kappa shape index (κ2) is 6.06. The zero-order valence-corrected chi connectivity index (χ0v) is 10.7. The van der Waals surface area contributed by atoms with Gasteiger partial charge in [-0.15, -0.1) is 0 Å². The lowest BCUT2D eigenvalue weighted by molar-refractivity contribution is 0.819. The molecule has 2 aromatic carbocycles. The van der Waals surface area contributed by atoms with E-state index >= 15 is 0 Å². The van der Waals surface area contributed by atoms with Crippen molar-refractivity contribution in [3.05, 3.63) is 76.2 Å². The zero-order valence-electron chi connectivity index (χ0n) is 9.16. The highest BCUT2D eigenvalue weighted by molar-refractivity contribution is 6.35. The average molecular weight is 265 g/mol. The van der Waals surface area contributed by atoms with E-state index in [0.29, 0.717) is 16.6 Å². The van der Waals surface area contributed by atoms with Crippen molar-refractivity contribution in [2.75, 3.05) is 0 Å². The highest BCUT2D eigenvalue weighted by Gasteiger charge is 2.04. The van der Waals surface area contributed by atoms with Gasteiger partial charge in [-0.25, -0.2) is 0 Å². The summed E-state index contributed by atoms with van der Waals surface area (Å²) >= 11 is 12.1. The molecule has 0 aromatic heterocycles. The summed E-state index contributed by atoms with van der Waals surface area (Å²) < 4.78 is 0. The normalized spacial score (nSPS) is 10.5. The fourth-order valence-corrected chi connectivity index (χ4v) is 2.05. The van der Waals surface area contributed by atoms with E-state index in [0.717, 1.165) is 11.1 Å². The average Bonchev–Trinajstić information content (AvgIpc) is 2.34. The summed E-state index contributed by atoms with van der Waals surface area (Å²) in [6.45, 7) is 2.56. The molecule has 0 bridgehead atoms. The van der Waals surface area contributed by atoms with E-state index in [-0.39, 0.29) is 0 Å². The van der Waals surface area contributed by atoms with Crippen molar-refractivity contribution < 1.29 is 0 Å². The van der Waals surface area contributed by atoms with Crippen LogP contribution in [0.5, 0.6) is 0 Å². The van der Waals surface area contributed by atoms with Gasteiger partial charge in [0.2, 0.25) is 0 Å². The van der Waals surface area contributed by atoms with Crippen molar-refractivity contribution in [2.45, 2.75) is 6.54 Å². The topological polar surface area (TPSA) is 12.0 Å². The first-order valence-electron chi connectivity index (χ1n) is 5.32. The third-order valence-corrected chi connectivity index (χ3v) is 3.12. The minimum absolute atomic E-state index is 0.618. The lowest BCUT2D eigenvalue weighted by atomic mass is 10.2. The van der Waals surface area contributed by atoms with Gasteiger partial charge in [0.1, 0.15) is 0 Å². The van der Waals surface area contributed by atoms with Crippen LogP contribution in [-0.4, -0.2) is 0 Å². The Morgan fingerprint density at radius 1 is 0.882 bits per heavy atom. The van der Waals surface area contributed by atoms with E-state index in [1.165, 1.54) is 0 Å². The highest BCUT2D eigenvalue weighted by Crippen LogP contribution is 2.23. The molecular weight excluding hydrogens is 253 g/mol. The van der Waals surface area contributed by atoms with E-state index in [9.17, 15) is 0 Å². The van der Waals surface area contributed by atoms with E-state index in [2.05, 4.69) is 5.32 Å². The van der Waals surface area contributed by atoms with Crippen LogP contribution >= 0.6 is 23.2 Å². The van der Waals surface area contributed by atoms with Gasteiger partial charge in [0.05, 0.1) is 6.54 Å². The van der Waals surface area contributed by atoms with E-state index in [1.807, 2.05) is 55.1 Å². The third-order valence-electron chi connectivity index (χ3n) is 2.41. The van der Waals surface area contributed by atoms with E-state index < -0.39 is 0 Å². The maximum atomic E-state index is 6.07. The molecule has 0 aliphatic carbocycles. The molecule has 0 amide bonds. The summed E-state index contributed by atoms with van der Waals surface area (Å²) in [7, 11) is 0. The van der Waals surface area contributed by atoms with Gasteiger partial charge in [0.15, 0.2) is 0 Å². The smallest absolute Gasteiger partial charge is 0.0521 e. The van der Waals surface area contributed by atoms with Crippen molar-refractivity contribution in [3.8, 4) is 0 Å². The van der Waals surface area contributed by atoms with Crippen LogP contribution in [0.15, 0.2) is 48.5 Å². The highest BCUT2D eigenvalue weighted by atomic mass is 35.5. The largest absolute Gasteiger partial charge is 0.304 e. The van der Waals surface area contributed by atoms with Crippen LogP contribution in [0.2, 0.25) is 10.0 Å². The minimum atomic E-state index is 0.618. The number of nitrogens with one attached hydrogen (secondary N) is 1. The van der Waals surface area contributed by atoms with Crippen LogP contribution in [-0.2, 0) is 6.54 Å². The van der Waals surface area contributed by atoms with Crippen molar-refractivity contribution >= 4 is 23.2 Å². The summed E-state index contributed by atoms with van der Waals surface area (Å²) in [5.74, 6) is 0. The summed E-state index contributed by atoms with van der Waals surface area (Å²) in [4.78, 5) is 0. The van der Waals surface area contributed by atoms with Gasteiger partial charge in [0, 0.05) is 22.2 Å². The Hall–Kier alpha value is -1.02. The molecule has 1 radical (unpaired) electrons. The zero-order chi connectivity index (χ0) is 12.1. The number of benzene rings is 2. The minimum Gasteiger partial charge on any atom is -0.304 e. The Kier molecular flexibility index (Phi) is 4.43. The maximum absolute atomic E-state index is 6.07. The van der Waals surface area contributed by atoms with Gasteiger partial charge in [0.25, 0.3) is 0 Å². The van der Waals surface area contributed by atoms with Crippen LogP contribution in [0.1, 0.15) is 11.1 Å². The van der Waals surface area contributed by atoms with Gasteiger partial charge >= 0.3 is 0 Å². The van der Waals surface area contributed by atoms with Crippen LogP contribution < -0.4 is 5.32 Å². The molecule has 87 valence electrons. The van der Waals surface area contributed by atoms with E-state index in [4.69, 9.17) is 23.2 Å². The Bertz CT molecular complexity index is 463. The molecule has 0 fully saturated rings. The molecule has 0 saturated carbocycles. The summed E-state index contributed by atoms with van der Waals surface area (Å²) in [5, 5.41) is 4.58. The second-order valence-electron chi connectivity index (χ2n) is 3.64. The summed E-state index contributed by atoms with van der Waals surface area (Å²) in [5.41, 5.74) is 2.04. The molecule has 0 aliphatic heterocycles. The van der Waals surface area contributed by atoms with E-state index in [1.54, 1.807) is 0 Å². The van der Waals surface area contributed by atoms with Crippen LogP contribution in [0.4, 0.5) is 0 Å². The van der Waals surface area contributed by atoms with Crippen molar-refractivity contribution in [1.82, 2.24) is 5.32 Å². The molecule has 0 aliphatic rings. The van der Waals surface area contributed by atoms with Gasteiger partial charge in [-0.3, -0.25) is 0 Å². The van der Waals surface area contributed by atoms with Crippen molar-refractivity contribution in [2.24, 2.45) is 0 Å². The number of hydrogen-bond acceptors (Lipinski definition) is 1. The van der Waals surface area contributed by atoms with Crippen molar-refractivity contribution in [1.29, 1.82) is 0 Å². The van der Waals surface area contributed by atoms with Crippen molar-refractivity contribution in [3.63, 3.8) is 0 Å². The Labute approximate surface area is 111 Å². The lowest BCUT2D eigenvalue weighted by Gasteiger charge is -2.08. The lowest BCUT2D eigenvalue weighted by Crippen LogP contribution is -2.11. The molecule has 1 N–H and O–H groups in total. The first kappa shape index (κ1) is 12.4. The molecule has 0 spiro atoms. The predicted octanol–water partition coefficient (Wildman–Crippen LogP) is 4.29. The number of hydrogen-bond donors (Lipinski definition) is 1. The van der Waals surface area contributed by atoms with Gasteiger partial charge in [-0.05, 0) is 17.7 Å². The fourth-order valence-electron chi connectivity index (χ4n) is 1.52. The Morgan fingerprint density at radius 3 is 2.18 bits per heavy atom. The van der Waals surface area contributed by atoms with Crippen LogP contribution in [0, 0.1) is 6.54 Å². The third kappa shape index (κ3) is 3.47. The van der Waals surface area contributed by atoms with Gasteiger partial charge < -0.3 is 5.32 Å². The first-order chi connectivity index (χ1) is 8.27. The Balaban J connectivity index is 1.95.